The van der Waals surface area contributed by atoms with Crippen LogP contribution in [0, 0.1) is 0 Å². The van der Waals surface area contributed by atoms with Crippen molar-refractivity contribution in [2.45, 2.75) is 31.7 Å². The molecule has 2 aromatic heterocycles. The standard InChI is InChI=1S/C12H14ClN3S2/c13-10-6-5-9(17-10)12-16-15-11(18-12)2-1-7-14-8-3-4-8/h5-6,8,14H,1-4,7H2. The van der Waals surface area contributed by atoms with Crippen molar-refractivity contribution in [1.82, 2.24) is 15.5 Å². The maximum Gasteiger partial charge on any atom is 0.157 e. The molecule has 0 radical (unpaired) electrons. The first-order valence-electron chi connectivity index (χ1n) is 6.13. The fourth-order valence-corrected chi connectivity index (χ4v) is 3.69. The van der Waals surface area contributed by atoms with Gasteiger partial charge in [0.05, 0.1) is 9.21 Å². The van der Waals surface area contributed by atoms with Crippen molar-refractivity contribution < 1.29 is 0 Å². The molecule has 0 bridgehead atoms. The van der Waals surface area contributed by atoms with Crippen molar-refractivity contribution in [2.75, 3.05) is 6.54 Å². The maximum absolute atomic E-state index is 5.92. The van der Waals surface area contributed by atoms with Crippen LogP contribution in [0.5, 0.6) is 0 Å². The maximum atomic E-state index is 5.92. The van der Waals surface area contributed by atoms with Crippen molar-refractivity contribution in [3.63, 3.8) is 0 Å². The van der Waals surface area contributed by atoms with Crippen LogP contribution in [-0.4, -0.2) is 22.8 Å². The number of thiophene rings is 1. The Morgan fingerprint density at radius 2 is 2.17 bits per heavy atom. The predicted octanol–water partition coefficient (Wildman–Crippen LogP) is 3.60. The van der Waals surface area contributed by atoms with E-state index >= 15 is 0 Å². The van der Waals surface area contributed by atoms with Crippen LogP contribution in [0.1, 0.15) is 24.3 Å². The Balaban J connectivity index is 1.52. The Kier molecular flexibility index (Phi) is 3.94. The predicted molar refractivity (Wildman–Crippen MR) is 77.6 cm³/mol. The highest BCUT2D eigenvalue weighted by Gasteiger charge is 2.19. The number of halogens is 1. The Morgan fingerprint density at radius 1 is 1.28 bits per heavy atom. The van der Waals surface area contributed by atoms with Crippen LogP contribution in [0.3, 0.4) is 0 Å². The lowest BCUT2D eigenvalue weighted by Gasteiger charge is -1.99. The number of rotatable bonds is 6. The number of nitrogens with zero attached hydrogens (tertiary/aromatic N) is 2. The van der Waals surface area contributed by atoms with E-state index in [4.69, 9.17) is 11.6 Å². The molecular weight excluding hydrogens is 286 g/mol. The summed E-state index contributed by atoms with van der Waals surface area (Å²) in [7, 11) is 0. The molecule has 1 aliphatic carbocycles. The molecule has 2 heterocycles. The summed E-state index contributed by atoms with van der Waals surface area (Å²) in [5, 5.41) is 14.1. The normalized spacial score (nSPS) is 15.2. The van der Waals surface area contributed by atoms with Gasteiger partial charge in [0.25, 0.3) is 0 Å². The van der Waals surface area contributed by atoms with Crippen molar-refractivity contribution in [3.05, 3.63) is 21.5 Å². The van der Waals surface area contributed by atoms with Gasteiger partial charge in [-0.25, -0.2) is 0 Å². The zero-order chi connectivity index (χ0) is 12.4. The van der Waals surface area contributed by atoms with Crippen molar-refractivity contribution in [3.8, 4) is 9.88 Å². The molecule has 1 fully saturated rings. The average molecular weight is 300 g/mol. The van der Waals surface area contributed by atoms with Gasteiger partial charge in [0, 0.05) is 12.5 Å². The van der Waals surface area contributed by atoms with Crippen LogP contribution >= 0.6 is 34.3 Å². The molecule has 3 rings (SSSR count). The van der Waals surface area contributed by atoms with Crippen LogP contribution in [-0.2, 0) is 6.42 Å². The molecule has 0 aliphatic heterocycles. The summed E-state index contributed by atoms with van der Waals surface area (Å²) in [6.45, 7) is 1.09. The minimum atomic E-state index is 0.795. The van der Waals surface area contributed by atoms with E-state index in [0.29, 0.717) is 0 Å². The third-order valence-corrected chi connectivity index (χ3v) is 5.21. The number of aryl methyl sites for hydroxylation is 1. The summed E-state index contributed by atoms with van der Waals surface area (Å²) in [6.07, 6.45) is 4.84. The Morgan fingerprint density at radius 3 is 2.89 bits per heavy atom. The van der Waals surface area contributed by atoms with Crippen molar-refractivity contribution in [2.24, 2.45) is 0 Å². The van der Waals surface area contributed by atoms with Gasteiger partial charge in [-0.3, -0.25) is 0 Å². The molecule has 0 unspecified atom stereocenters. The second-order valence-corrected chi connectivity index (χ2v) is 7.21. The second-order valence-electron chi connectivity index (χ2n) is 4.44. The van der Waals surface area contributed by atoms with Gasteiger partial charge in [-0.05, 0) is 37.9 Å². The van der Waals surface area contributed by atoms with E-state index in [1.54, 1.807) is 22.7 Å². The zero-order valence-corrected chi connectivity index (χ0v) is 12.2. The molecule has 6 heteroatoms. The third-order valence-electron chi connectivity index (χ3n) is 2.83. The summed E-state index contributed by atoms with van der Waals surface area (Å²) in [5.74, 6) is 0. The fourth-order valence-electron chi connectivity index (χ4n) is 1.72. The monoisotopic (exact) mass is 299 g/mol. The van der Waals surface area contributed by atoms with Gasteiger partial charge in [-0.1, -0.05) is 22.9 Å². The fraction of sp³-hybridized carbons (Fsp3) is 0.500. The number of nitrogens with one attached hydrogen (secondary N) is 1. The van der Waals surface area contributed by atoms with Gasteiger partial charge in [0.1, 0.15) is 5.01 Å². The minimum absolute atomic E-state index is 0.795. The molecular formula is C12H14ClN3S2. The molecule has 0 saturated heterocycles. The van der Waals surface area contributed by atoms with Gasteiger partial charge >= 0.3 is 0 Å². The zero-order valence-electron chi connectivity index (χ0n) is 9.86. The van der Waals surface area contributed by atoms with Crippen molar-refractivity contribution in [1.29, 1.82) is 0 Å². The van der Waals surface area contributed by atoms with E-state index in [9.17, 15) is 0 Å². The molecule has 96 valence electrons. The van der Waals surface area contributed by atoms with E-state index in [0.717, 1.165) is 44.7 Å². The number of hydrogen-bond acceptors (Lipinski definition) is 5. The summed E-state index contributed by atoms with van der Waals surface area (Å²) in [4.78, 5) is 1.11. The minimum Gasteiger partial charge on any atom is -0.314 e. The first-order chi connectivity index (χ1) is 8.81. The Bertz CT molecular complexity index is 519. The van der Waals surface area contributed by atoms with E-state index in [2.05, 4.69) is 15.5 Å². The lowest BCUT2D eigenvalue weighted by Crippen LogP contribution is -2.17. The molecule has 2 aromatic rings. The SMILES string of the molecule is Clc1ccc(-c2nnc(CCCNC3CC3)s2)s1. The van der Waals surface area contributed by atoms with Gasteiger partial charge in [0.15, 0.2) is 5.01 Å². The molecule has 0 spiro atoms. The molecule has 0 atom stereocenters. The highest BCUT2D eigenvalue weighted by molar-refractivity contribution is 7.23. The topological polar surface area (TPSA) is 37.8 Å². The Labute approximate surface area is 119 Å². The smallest absolute Gasteiger partial charge is 0.157 e. The first-order valence-corrected chi connectivity index (χ1v) is 8.14. The van der Waals surface area contributed by atoms with Crippen LogP contribution in [0.15, 0.2) is 12.1 Å². The molecule has 1 aliphatic rings. The quantitative estimate of drug-likeness (QED) is 0.828. The molecule has 1 N–H and O–H groups in total. The molecule has 3 nitrogen and oxygen atoms in total. The second kappa shape index (κ2) is 5.65. The van der Waals surface area contributed by atoms with Crippen molar-refractivity contribution >= 4 is 34.3 Å². The molecule has 0 aromatic carbocycles. The summed E-state index contributed by atoms with van der Waals surface area (Å²) in [6, 6.07) is 4.71. The van der Waals surface area contributed by atoms with E-state index in [-0.39, 0.29) is 0 Å². The lowest BCUT2D eigenvalue weighted by molar-refractivity contribution is 0.643. The number of aromatic nitrogens is 2. The van der Waals surface area contributed by atoms with Crippen LogP contribution in [0.2, 0.25) is 4.34 Å². The molecule has 0 amide bonds. The highest BCUT2D eigenvalue weighted by atomic mass is 35.5. The third kappa shape index (κ3) is 3.29. The first kappa shape index (κ1) is 12.5. The number of hydrogen-bond donors (Lipinski definition) is 1. The summed E-state index contributed by atoms with van der Waals surface area (Å²) in [5.41, 5.74) is 0. The van der Waals surface area contributed by atoms with Crippen LogP contribution in [0.4, 0.5) is 0 Å². The van der Waals surface area contributed by atoms with Crippen LogP contribution in [0.25, 0.3) is 9.88 Å². The largest absolute Gasteiger partial charge is 0.314 e. The van der Waals surface area contributed by atoms with E-state index in [1.807, 2.05) is 12.1 Å². The Hall–Kier alpha value is -0.490. The van der Waals surface area contributed by atoms with Gasteiger partial charge < -0.3 is 5.32 Å². The summed E-state index contributed by atoms with van der Waals surface area (Å²) >= 11 is 9.15. The van der Waals surface area contributed by atoms with Gasteiger partial charge in [-0.15, -0.1) is 21.5 Å². The van der Waals surface area contributed by atoms with Crippen LogP contribution < -0.4 is 5.32 Å². The lowest BCUT2D eigenvalue weighted by atomic mass is 10.3. The molecule has 1 saturated carbocycles. The average Bonchev–Trinajstić information content (AvgIpc) is 2.88. The highest BCUT2D eigenvalue weighted by Crippen LogP contribution is 2.32. The van der Waals surface area contributed by atoms with Gasteiger partial charge in [0.2, 0.25) is 0 Å². The molecule has 18 heavy (non-hydrogen) atoms. The van der Waals surface area contributed by atoms with E-state index < -0.39 is 0 Å². The summed E-state index contributed by atoms with van der Waals surface area (Å²) < 4.78 is 0.801. The van der Waals surface area contributed by atoms with E-state index in [1.165, 1.54) is 12.8 Å². The van der Waals surface area contributed by atoms with Gasteiger partial charge in [-0.2, -0.15) is 0 Å².